The normalized spacial score (nSPS) is 19.4. The van der Waals surface area contributed by atoms with Crippen LogP contribution in [0.15, 0.2) is 24.5 Å². The van der Waals surface area contributed by atoms with Crippen molar-refractivity contribution in [2.75, 3.05) is 6.54 Å². The third-order valence-corrected chi connectivity index (χ3v) is 4.21. The summed E-state index contributed by atoms with van der Waals surface area (Å²) >= 11 is 0. The summed E-state index contributed by atoms with van der Waals surface area (Å²) < 4.78 is 0. The summed E-state index contributed by atoms with van der Waals surface area (Å²) in [5.41, 5.74) is 1.33. The van der Waals surface area contributed by atoms with Crippen LogP contribution in [0.2, 0.25) is 0 Å². The molecule has 0 amide bonds. The van der Waals surface area contributed by atoms with Crippen molar-refractivity contribution in [3.05, 3.63) is 30.1 Å². The van der Waals surface area contributed by atoms with Gasteiger partial charge in [0.25, 0.3) is 0 Å². The standard InChI is InChI=1S/C16H26N2/c1-14(16-8-4-2-3-5-9-16)18-12-10-15-7-6-11-17-13-15/h6-7,11,13-14,16,18H,2-5,8-10,12H2,1H3/t14-/m1/s1. The Bertz CT molecular complexity index is 315. The summed E-state index contributed by atoms with van der Waals surface area (Å²) in [6.07, 6.45) is 13.5. The van der Waals surface area contributed by atoms with Crippen LogP contribution < -0.4 is 5.32 Å². The van der Waals surface area contributed by atoms with Crippen molar-refractivity contribution >= 4 is 0 Å². The van der Waals surface area contributed by atoms with Gasteiger partial charge < -0.3 is 5.32 Å². The minimum absolute atomic E-state index is 0.666. The lowest BCUT2D eigenvalue weighted by Gasteiger charge is -2.23. The maximum absolute atomic E-state index is 4.16. The predicted octanol–water partition coefficient (Wildman–Crippen LogP) is 3.57. The number of hydrogen-bond donors (Lipinski definition) is 1. The van der Waals surface area contributed by atoms with E-state index in [-0.39, 0.29) is 0 Å². The van der Waals surface area contributed by atoms with Crippen molar-refractivity contribution < 1.29 is 0 Å². The Morgan fingerprint density at radius 1 is 1.28 bits per heavy atom. The van der Waals surface area contributed by atoms with Gasteiger partial charge in [0.15, 0.2) is 0 Å². The van der Waals surface area contributed by atoms with E-state index in [1.807, 2.05) is 18.5 Å². The van der Waals surface area contributed by atoms with E-state index in [2.05, 4.69) is 23.3 Å². The van der Waals surface area contributed by atoms with E-state index in [9.17, 15) is 0 Å². The first-order chi connectivity index (χ1) is 8.86. The zero-order valence-corrected chi connectivity index (χ0v) is 11.6. The third-order valence-electron chi connectivity index (χ3n) is 4.21. The maximum Gasteiger partial charge on any atom is 0.0300 e. The SMILES string of the molecule is C[C@@H](NCCc1cccnc1)C1CCCCCC1. The Hall–Kier alpha value is -0.890. The van der Waals surface area contributed by atoms with Crippen LogP contribution in [-0.2, 0) is 6.42 Å². The van der Waals surface area contributed by atoms with Crippen LogP contribution >= 0.6 is 0 Å². The van der Waals surface area contributed by atoms with Gasteiger partial charge in [-0.3, -0.25) is 4.98 Å². The van der Waals surface area contributed by atoms with Gasteiger partial charge >= 0.3 is 0 Å². The largest absolute Gasteiger partial charge is 0.314 e. The molecule has 0 aromatic carbocycles. The second kappa shape index (κ2) is 7.52. The topological polar surface area (TPSA) is 24.9 Å². The van der Waals surface area contributed by atoms with Gasteiger partial charge in [0.1, 0.15) is 0 Å². The van der Waals surface area contributed by atoms with Crippen LogP contribution in [0.25, 0.3) is 0 Å². The summed E-state index contributed by atoms with van der Waals surface area (Å²) in [6, 6.07) is 4.84. The Kier molecular flexibility index (Phi) is 5.66. The third kappa shape index (κ3) is 4.41. The van der Waals surface area contributed by atoms with Gasteiger partial charge in [-0.1, -0.05) is 31.7 Å². The molecule has 1 aliphatic carbocycles. The summed E-state index contributed by atoms with van der Waals surface area (Å²) in [7, 11) is 0. The zero-order chi connectivity index (χ0) is 12.6. The number of nitrogens with one attached hydrogen (secondary N) is 1. The maximum atomic E-state index is 4.16. The lowest BCUT2D eigenvalue weighted by Crippen LogP contribution is -2.34. The van der Waals surface area contributed by atoms with E-state index in [0.717, 1.165) is 18.9 Å². The van der Waals surface area contributed by atoms with Crippen LogP contribution in [0, 0.1) is 5.92 Å². The van der Waals surface area contributed by atoms with Gasteiger partial charge in [0, 0.05) is 18.4 Å². The van der Waals surface area contributed by atoms with Gasteiger partial charge in [-0.05, 0) is 50.3 Å². The molecule has 1 heterocycles. The van der Waals surface area contributed by atoms with E-state index in [0.29, 0.717) is 6.04 Å². The monoisotopic (exact) mass is 246 g/mol. The average Bonchev–Trinajstić information content (AvgIpc) is 2.69. The average molecular weight is 246 g/mol. The van der Waals surface area contributed by atoms with Crippen molar-refractivity contribution in [3.63, 3.8) is 0 Å². The molecule has 18 heavy (non-hydrogen) atoms. The fraction of sp³-hybridized carbons (Fsp3) is 0.688. The van der Waals surface area contributed by atoms with Crippen molar-refractivity contribution in [2.45, 2.75) is 57.9 Å². The fourth-order valence-electron chi connectivity index (χ4n) is 2.97. The molecule has 1 N–H and O–H groups in total. The number of pyridine rings is 1. The van der Waals surface area contributed by atoms with Gasteiger partial charge in [0.2, 0.25) is 0 Å². The molecule has 2 heteroatoms. The van der Waals surface area contributed by atoms with E-state index in [1.54, 1.807) is 0 Å². The summed E-state index contributed by atoms with van der Waals surface area (Å²) in [4.78, 5) is 4.16. The van der Waals surface area contributed by atoms with Gasteiger partial charge in [-0.25, -0.2) is 0 Å². The lowest BCUT2D eigenvalue weighted by molar-refractivity contribution is 0.339. The molecular weight excluding hydrogens is 220 g/mol. The van der Waals surface area contributed by atoms with Gasteiger partial charge in [-0.2, -0.15) is 0 Å². The molecule has 1 fully saturated rings. The molecule has 0 unspecified atom stereocenters. The second-order valence-corrected chi connectivity index (χ2v) is 5.61. The fourth-order valence-corrected chi connectivity index (χ4v) is 2.97. The molecule has 1 atom stereocenters. The van der Waals surface area contributed by atoms with Gasteiger partial charge in [0.05, 0.1) is 0 Å². The minimum Gasteiger partial charge on any atom is -0.314 e. The van der Waals surface area contributed by atoms with Crippen molar-refractivity contribution in [1.82, 2.24) is 10.3 Å². The van der Waals surface area contributed by atoms with Crippen LogP contribution in [-0.4, -0.2) is 17.6 Å². The first kappa shape index (κ1) is 13.5. The molecule has 0 spiro atoms. The number of rotatable bonds is 5. The first-order valence-electron chi connectivity index (χ1n) is 7.48. The van der Waals surface area contributed by atoms with E-state index in [1.165, 1.54) is 44.1 Å². The highest BCUT2D eigenvalue weighted by Crippen LogP contribution is 2.25. The van der Waals surface area contributed by atoms with Gasteiger partial charge in [-0.15, -0.1) is 0 Å². The Morgan fingerprint density at radius 2 is 2.06 bits per heavy atom. The van der Waals surface area contributed by atoms with Crippen molar-refractivity contribution in [3.8, 4) is 0 Å². The lowest BCUT2D eigenvalue weighted by atomic mass is 9.93. The second-order valence-electron chi connectivity index (χ2n) is 5.61. The molecule has 2 rings (SSSR count). The molecular formula is C16H26N2. The molecule has 1 aromatic heterocycles. The summed E-state index contributed by atoms with van der Waals surface area (Å²) in [5.74, 6) is 0.890. The van der Waals surface area contributed by atoms with Crippen LogP contribution in [0.3, 0.4) is 0 Å². The highest BCUT2D eigenvalue weighted by molar-refractivity contribution is 5.08. The molecule has 1 aromatic rings. The highest BCUT2D eigenvalue weighted by Gasteiger charge is 2.18. The molecule has 2 nitrogen and oxygen atoms in total. The molecule has 100 valence electrons. The van der Waals surface area contributed by atoms with Crippen LogP contribution in [0.4, 0.5) is 0 Å². The molecule has 1 saturated carbocycles. The zero-order valence-electron chi connectivity index (χ0n) is 11.6. The predicted molar refractivity (Wildman–Crippen MR) is 76.6 cm³/mol. The number of nitrogens with zero attached hydrogens (tertiary/aromatic N) is 1. The Labute approximate surface area is 111 Å². The number of hydrogen-bond acceptors (Lipinski definition) is 2. The highest BCUT2D eigenvalue weighted by atomic mass is 14.9. The molecule has 1 aliphatic rings. The van der Waals surface area contributed by atoms with Crippen LogP contribution in [0.5, 0.6) is 0 Å². The summed E-state index contributed by atoms with van der Waals surface area (Å²) in [6.45, 7) is 3.43. The molecule has 0 aliphatic heterocycles. The van der Waals surface area contributed by atoms with Crippen LogP contribution in [0.1, 0.15) is 51.0 Å². The molecule has 0 saturated heterocycles. The van der Waals surface area contributed by atoms with E-state index >= 15 is 0 Å². The smallest absolute Gasteiger partial charge is 0.0300 e. The van der Waals surface area contributed by atoms with E-state index in [4.69, 9.17) is 0 Å². The molecule has 0 bridgehead atoms. The van der Waals surface area contributed by atoms with Crippen molar-refractivity contribution in [1.29, 1.82) is 0 Å². The molecule has 0 radical (unpaired) electrons. The summed E-state index contributed by atoms with van der Waals surface area (Å²) in [5, 5.41) is 3.70. The minimum atomic E-state index is 0.666. The Morgan fingerprint density at radius 3 is 2.72 bits per heavy atom. The van der Waals surface area contributed by atoms with Crippen molar-refractivity contribution in [2.24, 2.45) is 5.92 Å². The number of aromatic nitrogens is 1. The van der Waals surface area contributed by atoms with E-state index < -0.39 is 0 Å². The quantitative estimate of drug-likeness (QED) is 0.803. The Balaban J connectivity index is 1.69. The first-order valence-corrected chi connectivity index (χ1v) is 7.48.